The van der Waals surface area contributed by atoms with Crippen LogP contribution in [0.15, 0.2) is 66.9 Å². The van der Waals surface area contributed by atoms with Gasteiger partial charge in [0, 0.05) is 31.4 Å². The number of ether oxygens (including phenoxy) is 3. The second-order valence-corrected chi connectivity index (χ2v) is 7.56. The highest BCUT2D eigenvalue weighted by Crippen LogP contribution is 2.37. The van der Waals surface area contributed by atoms with Crippen molar-refractivity contribution in [2.75, 3.05) is 27.9 Å². The summed E-state index contributed by atoms with van der Waals surface area (Å²) in [6.07, 6.45) is 1.74. The van der Waals surface area contributed by atoms with E-state index < -0.39 is 0 Å². The molecule has 0 radical (unpaired) electrons. The molecular weight excluding hydrogens is 406 g/mol. The van der Waals surface area contributed by atoms with Gasteiger partial charge in [-0.15, -0.1) is 0 Å². The maximum Gasteiger partial charge on any atom is 0.239 e. The van der Waals surface area contributed by atoms with Crippen molar-refractivity contribution in [1.82, 2.24) is 15.2 Å². The summed E-state index contributed by atoms with van der Waals surface area (Å²) in [4.78, 5) is 19.6. The highest BCUT2D eigenvalue weighted by molar-refractivity contribution is 5.85. The molecule has 3 unspecified atom stereocenters. The molecule has 3 atom stereocenters. The molecule has 1 amide bonds. The standard InChI is InChI=1S/C25H27N3O4/c1-30-18-13-22(31-2)19(23(14-18)32-3)15-28-16-21(28)25(29)27-24(17-9-5-4-6-10-17)20-11-7-8-12-26-20/h4-14,21,24H,15-16H2,1-3H3,(H,27,29). The average molecular weight is 434 g/mol. The molecule has 0 spiro atoms. The van der Waals surface area contributed by atoms with Crippen LogP contribution in [-0.2, 0) is 11.3 Å². The van der Waals surface area contributed by atoms with Gasteiger partial charge in [-0.05, 0) is 17.7 Å². The maximum absolute atomic E-state index is 13.1. The lowest BCUT2D eigenvalue weighted by molar-refractivity contribution is -0.121. The summed E-state index contributed by atoms with van der Waals surface area (Å²) in [5, 5.41) is 3.18. The molecule has 1 fully saturated rings. The van der Waals surface area contributed by atoms with Gasteiger partial charge in [-0.1, -0.05) is 36.4 Å². The lowest BCUT2D eigenvalue weighted by Crippen LogP contribution is -2.34. The molecule has 1 saturated heterocycles. The normalized spacial score (nSPS) is 17.8. The zero-order valence-corrected chi connectivity index (χ0v) is 18.4. The second kappa shape index (κ2) is 9.70. The van der Waals surface area contributed by atoms with Crippen molar-refractivity contribution in [3.8, 4) is 17.2 Å². The van der Waals surface area contributed by atoms with E-state index in [4.69, 9.17) is 14.2 Å². The molecule has 32 heavy (non-hydrogen) atoms. The van der Waals surface area contributed by atoms with E-state index in [0.717, 1.165) is 16.8 Å². The number of nitrogens with one attached hydrogen (secondary N) is 1. The van der Waals surface area contributed by atoms with Crippen LogP contribution in [0.4, 0.5) is 0 Å². The van der Waals surface area contributed by atoms with Crippen molar-refractivity contribution in [1.29, 1.82) is 0 Å². The van der Waals surface area contributed by atoms with Crippen LogP contribution < -0.4 is 19.5 Å². The number of methoxy groups -OCH3 is 3. The van der Waals surface area contributed by atoms with Crippen molar-refractivity contribution >= 4 is 5.91 Å². The number of carbonyl (C=O) groups is 1. The smallest absolute Gasteiger partial charge is 0.239 e. The van der Waals surface area contributed by atoms with E-state index >= 15 is 0 Å². The lowest BCUT2D eigenvalue weighted by Gasteiger charge is -2.19. The summed E-state index contributed by atoms with van der Waals surface area (Å²) in [6, 6.07) is 18.7. The Bertz CT molecular complexity index is 995. The largest absolute Gasteiger partial charge is 0.496 e. The quantitative estimate of drug-likeness (QED) is 0.523. The molecule has 4 rings (SSSR count). The second-order valence-electron chi connectivity index (χ2n) is 7.56. The SMILES string of the molecule is COc1cc(OC)c(CN2CC2C(=O)NC(c2ccccc2)c2ccccn2)c(OC)c1. The number of hydrogen-bond acceptors (Lipinski definition) is 6. The molecule has 1 aliphatic rings. The molecule has 7 nitrogen and oxygen atoms in total. The van der Waals surface area contributed by atoms with Crippen LogP contribution >= 0.6 is 0 Å². The summed E-state index contributed by atoms with van der Waals surface area (Å²) in [5.41, 5.74) is 2.68. The summed E-state index contributed by atoms with van der Waals surface area (Å²) in [7, 11) is 4.83. The van der Waals surface area contributed by atoms with Crippen molar-refractivity contribution in [3.05, 3.63) is 83.7 Å². The highest BCUT2D eigenvalue weighted by Gasteiger charge is 2.42. The van der Waals surface area contributed by atoms with Gasteiger partial charge in [0.2, 0.25) is 5.91 Å². The summed E-state index contributed by atoms with van der Waals surface area (Å²) in [5.74, 6) is 1.96. The Balaban J connectivity index is 1.49. The Kier molecular flexibility index (Phi) is 6.56. The van der Waals surface area contributed by atoms with Crippen LogP contribution in [0.5, 0.6) is 17.2 Å². The predicted molar refractivity (Wildman–Crippen MR) is 121 cm³/mol. The van der Waals surface area contributed by atoms with Crippen LogP contribution in [0.25, 0.3) is 0 Å². The van der Waals surface area contributed by atoms with Crippen LogP contribution in [0, 0.1) is 0 Å². The minimum absolute atomic E-state index is 0.0315. The summed E-state index contributed by atoms with van der Waals surface area (Å²) < 4.78 is 16.4. The molecule has 3 aromatic rings. The third-order valence-electron chi connectivity index (χ3n) is 5.60. The molecule has 1 N–H and O–H groups in total. The Hall–Kier alpha value is -3.58. The Morgan fingerprint density at radius 1 is 1.03 bits per heavy atom. The van der Waals surface area contributed by atoms with Gasteiger partial charge < -0.3 is 19.5 Å². The van der Waals surface area contributed by atoms with E-state index in [1.54, 1.807) is 27.5 Å². The molecule has 2 heterocycles. The number of benzene rings is 2. The third-order valence-corrected chi connectivity index (χ3v) is 5.60. The molecule has 1 aromatic heterocycles. The van der Waals surface area contributed by atoms with Crippen LogP contribution in [0.2, 0.25) is 0 Å². The molecule has 166 valence electrons. The fraction of sp³-hybridized carbons (Fsp3) is 0.280. The van der Waals surface area contributed by atoms with Crippen molar-refractivity contribution in [2.45, 2.75) is 18.6 Å². The van der Waals surface area contributed by atoms with Gasteiger partial charge in [-0.25, -0.2) is 0 Å². The zero-order valence-electron chi connectivity index (χ0n) is 18.4. The van der Waals surface area contributed by atoms with E-state index in [0.29, 0.717) is 30.3 Å². The van der Waals surface area contributed by atoms with Gasteiger partial charge in [0.15, 0.2) is 0 Å². The first-order valence-electron chi connectivity index (χ1n) is 10.4. The molecular formula is C25H27N3O4. The molecule has 1 aliphatic heterocycles. The fourth-order valence-corrected chi connectivity index (χ4v) is 3.79. The van der Waals surface area contributed by atoms with Gasteiger partial charge >= 0.3 is 0 Å². The van der Waals surface area contributed by atoms with Crippen LogP contribution in [0.1, 0.15) is 22.9 Å². The first-order chi connectivity index (χ1) is 15.6. The van der Waals surface area contributed by atoms with Crippen molar-refractivity contribution < 1.29 is 19.0 Å². The average Bonchev–Trinajstić information content (AvgIpc) is 3.63. The molecule has 0 saturated carbocycles. The number of carbonyl (C=O) groups excluding carboxylic acids is 1. The number of nitrogens with zero attached hydrogens (tertiary/aromatic N) is 2. The fourth-order valence-electron chi connectivity index (χ4n) is 3.79. The minimum atomic E-state index is -0.308. The molecule has 7 heteroatoms. The third kappa shape index (κ3) is 4.68. The zero-order chi connectivity index (χ0) is 22.5. The lowest BCUT2D eigenvalue weighted by atomic mass is 10.0. The van der Waals surface area contributed by atoms with Crippen LogP contribution in [0.3, 0.4) is 0 Å². The van der Waals surface area contributed by atoms with Gasteiger partial charge in [-0.2, -0.15) is 0 Å². The van der Waals surface area contributed by atoms with E-state index in [-0.39, 0.29) is 18.0 Å². The summed E-state index contributed by atoms with van der Waals surface area (Å²) in [6.45, 7) is 1.20. The number of amides is 1. The first-order valence-corrected chi connectivity index (χ1v) is 10.4. The van der Waals surface area contributed by atoms with Crippen LogP contribution in [-0.4, -0.2) is 49.7 Å². The van der Waals surface area contributed by atoms with E-state index in [1.807, 2.05) is 60.7 Å². The van der Waals surface area contributed by atoms with Gasteiger partial charge in [0.05, 0.1) is 38.6 Å². The van der Waals surface area contributed by atoms with E-state index in [9.17, 15) is 4.79 Å². The van der Waals surface area contributed by atoms with Gasteiger partial charge in [-0.3, -0.25) is 14.7 Å². The Morgan fingerprint density at radius 2 is 1.72 bits per heavy atom. The van der Waals surface area contributed by atoms with Crippen molar-refractivity contribution in [2.24, 2.45) is 0 Å². The van der Waals surface area contributed by atoms with E-state index in [2.05, 4.69) is 15.2 Å². The minimum Gasteiger partial charge on any atom is -0.496 e. The molecule has 2 aromatic carbocycles. The highest BCUT2D eigenvalue weighted by atomic mass is 16.5. The first kappa shape index (κ1) is 21.6. The van der Waals surface area contributed by atoms with Gasteiger partial charge in [0.25, 0.3) is 0 Å². The number of hydrogen-bond donors (Lipinski definition) is 1. The Morgan fingerprint density at radius 3 is 2.31 bits per heavy atom. The number of pyridine rings is 1. The van der Waals surface area contributed by atoms with Gasteiger partial charge in [0.1, 0.15) is 23.3 Å². The summed E-state index contributed by atoms with van der Waals surface area (Å²) >= 11 is 0. The number of rotatable bonds is 9. The maximum atomic E-state index is 13.1. The predicted octanol–water partition coefficient (Wildman–Crippen LogP) is 3.20. The number of aromatic nitrogens is 1. The molecule has 0 aliphatic carbocycles. The monoisotopic (exact) mass is 433 g/mol. The topological polar surface area (TPSA) is 72.7 Å². The van der Waals surface area contributed by atoms with E-state index in [1.165, 1.54) is 0 Å². The Labute approximate surface area is 187 Å². The molecule has 0 bridgehead atoms. The van der Waals surface area contributed by atoms with Crippen molar-refractivity contribution in [3.63, 3.8) is 0 Å².